The highest BCUT2D eigenvalue weighted by Crippen LogP contribution is 2.34. The second-order valence-electron chi connectivity index (χ2n) is 6.38. The molecular formula is C21H20F3N3O2. The fourth-order valence-electron chi connectivity index (χ4n) is 3.10. The molecule has 0 radical (unpaired) electrons. The Balaban J connectivity index is 1.96. The summed E-state index contributed by atoms with van der Waals surface area (Å²) >= 11 is 0. The Labute approximate surface area is 165 Å². The van der Waals surface area contributed by atoms with Gasteiger partial charge in [0.1, 0.15) is 11.1 Å². The fraction of sp³-hybridized carbons (Fsp3) is 0.238. The van der Waals surface area contributed by atoms with Crippen LogP contribution in [0.2, 0.25) is 0 Å². The first-order valence-corrected chi connectivity index (χ1v) is 9.09. The normalized spacial score (nSPS) is 11.5. The van der Waals surface area contributed by atoms with Gasteiger partial charge in [0, 0.05) is 30.2 Å². The highest BCUT2D eigenvalue weighted by Gasteiger charge is 2.33. The van der Waals surface area contributed by atoms with Gasteiger partial charge in [0.05, 0.1) is 11.3 Å². The molecule has 1 amide bonds. The Morgan fingerprint density at radius 1 is 1.10 bits per heavy atom. The van der Waals surface area contributed by atoms with Gasteiger partial charge in [-0.3, -0.25) is 10.2 Å². The maximum atomic E-state index is 13.1. The van der Waals surface area contributed by atoms with E-state index in [1.807, 2.05) is 19.9 Å². The molecule has 1 aromatic heterocycles. The summed E-state index contributed by atoms with van der Waals surface area (Å²) in [5, 5.41) is 10.8. The van der Waals surface area contributed by atoms with Crippen LogP contribution in [0.1, 0.15) is 29.8 Å². The molecule has 3 aromatic rings. The molecule has 0 unspecified atom stereocenters. The van der Waals surface area contributed by atoms with Crippen molar-refractivity contribution >= 4 is 28.3 Å². The topological polar surface area (TPSA) is 69.3 Å². The fourth-order valence-corrected chi connectivity index (χ4v) is 3.10. The Bertz CT molecular complexity index is 1100. The van der Waals surface area contributed by atoms with Crippen molar-refractivity contribution in [3.63, 3.8) is 0 Å². The van der Waals surface area contributed by atoms with Crippen molar-refractivity contribution in [2.45, 2.75) is 20.0 Å². The lowest BCUT2D eigenvalue weighted by Gasteiger charge is -2.21. The van der Waals surface area contributed by atoms with Gasteiger partial charge in [0.2, 0.25) is 5.55 Å². The van der Waals surface area contributed by atoms with E-state index in [9.17, 15) is 18.0 Å². The van der Waals surface area contributed by atoms with Crippen LogP contribution in [0.3, 0.4) is 0 Å². The molecule has 152 valence electrons. The minimum Gasteiger partial charge on any atom is -0.438 e. The lowest BCUT2D eigenvalue weighted by molar-refractivity contribution is -0.136. The van der Waals surface area contributed by atoms with Gasteiger partial charge in [0.25, 0.3) is 5.91 Å². The van der Waals surface area contributed by atoms with Crippen molar-refractivity contribution in [1.29, 1.82) is 5.41 Å². The Hall–Kier alpha value is -3.29. The molecule has 29 heavy (non-hydrogen) atoms. The van der Waals surface area contributed by atoms with Crippen LogP contribution < -0.4 is 15.8 Å². The lowest BCUT2D eigenvalue weighted by Crippen LogP contribution is -2.23. The number of nitrogens with zero attached hydrogens (tertiary/aromatic N) is 1. The van der Waals surface area contributed by atoms with E-state index < -0.39 is 23.2 Å². The Morgan fingerprint density at radius 2 is 1.79 bits per heavy atom. The third-order valence-electron chi connectivity index (χ3n) is 4.61. The van der Waals surface area contributed by atoms with Crippen molar-refractivity contribution in [2.24, 2.45) is 0 Å². The van der Waals surface area contributed by atoms with Gasteiger partial charge in [-0.1, -0.05) is 12.1 Å². The summed E-state index contributed by atoms with van der Waals surface area (Å²) in [7, 11) is 0. The van der Waals surface area contributed by atoms with Gasteiger partial charge in [0.15, 0.2) is 0 Å². The van der Waals surface area contributed by atoms with Crippen LogP contribution in [0.25, 0.3) is 11.0 Å². The molecule has 0 atom stereocenters. The van der Waals surface area contributed by atoms with Crippen molar-refractivity contribution < 1.29 is 22.4 Å². The monoisotopic (exact) mass is 403 g/mol. The first kappa shape index (κ1) is 20.4. The SMILES string of the molecule is CCN(CC)c1ccc2cc(C(=O)Nc3ccccc3C(F)(F)F)c(=N)oc2c1. The number of rotatable bonds is 5. The molecule has 5 nitrogen and oxygen atoms in total. The first-order valence-electron chi connectivity index (χ1n) is 9.09. The number of fused-ring (bicyclic) bond motifs is 1. The standard InChI is InChI=1S/C21H20F3N3O2/c1-3-27(4-2)14-10-9-13-11-15(19(25)29-18(13)12-14)20(28)26-17-8-6-5-7-16(17)21(22,23)24/h5-12,25H,3-4H2,1-2H3,(H,26,28). The Kier molecular flexibility index (Phi) is 5.63. The summed E-state index contributed by atoms with van der Waals surface area (Å²) in [5.74, 6) is -0.842. The number of amides is 1. The number of hydrogen-bond acceptors (Lipinski definition) is 4. The predicted octanol–water partition coefficient (Wildman–Crippen LogP) is 5.03. The van der Waals surface area contributed by atoms with E-state index in [0.29, 0.717) is 11.0 Å². The number of benzene rings is 2. The number of hydrogen-bond donors (Lipinski definition) is 2. The van der Waals surface area contributed by atoms with Crippen LogP contribution in [0, 0.1) is 5.41 Å². The number of carbonyl (C=O) groups is 1. The molecule has 8 heteroatoms. The average Bonchev–Trinajstić information content (AvgIpc) is 2.67. The Morgan fingerprint density at radius 3 is 2.45 bits per heavy atom. The lowest BCUT2D eigenvalue weighted by atomic mass is 10.1. The van der Waals surface area contributed by atoms with Crippen LogP contribution >= 0.6 is 0 Å². The maximum Gasteiger partial charge on any atom is 0.418 e. The highest BCUT2D eigenvalue weighted by molar-refractivity contribution is 6.05. The van der Waals surface area contributed by atoms with Gasteiger partial charge < -0.3 is 14.6 Å². The largest absolute Gasteiger partial charge is 0.438 e. The molecule has 2 aromatic carbocycles. The van der Waals surface area contributed by atoms with E-state index in [0.717, 1.165) is 24.8 Å². The first-order chi connectivity index (χ1) is 13.7. The molecule has 0 aliphatic rings. The van der Waals surface area contributed by atoms with Gasteiger partial charge in [-0.15, -0.1) is 0 Å². The zero-order chi connectivity index (χ0) is 21.2. The summed E-state index contributed by atoms with van der Waals surface area (Å²) in [6.07, 6.45) is -4.61. The second-order valence-corrected chi connectivity index (χ2v) is 6.38. The molecule has 0 saturated carbocycles. The summed E-state index contributed by atoms with van der Waals surface area (Å²) in [5.41, 5.74) is -0.558. The van der Waals surface area contributed by atoms with Gasteiger partial charge >= 0.3 is 6.18 Å². The molecule has 0 spiro atoms. The maximum absolute atomic E-state index is 13.1. The molecule has 0 fully saturated rings. The van der Waals surface area contributed by atoms with Crippen LogP contribution in [-0.2, 0) is 6.18 Å². The molecule has 0 saturated heterocycles. The van der Waals surface area contributed by atoms with E-state index in [2.05, 4.69) is 10.2 Å². The number of nitrogens with one attached hydrogen (secondary N) is 2. The highest BCUT2D eigenvalue weighted by atomic mass is 19.4. The number of halogens is 3. The van der Waals surface area contributed by atoms with Crippen LogP contribution in [0.4, 0.5) is 24.5 Å². The van der Waals surface area contributed by atoms with E-state index in [4.69, 9.17) is 9.83 Å². The number of anilines is 2. The summed E-state index contributed by atoms with van der Waals surface area (Å²) < 4.78 is 44.9. The van der Waals surface area contributed by atoms with E-state index in [1.165, 1.54) is 24.3 Å². The zero-order valence-electron chi connectivity index (χ0n) is 15.9. The average molecular weight is 403 g/mol. The quantitative estimate of drug-likeness (QED) is 0.628. The molecule has 0 aliphatic heterocycles. The van der Waals surface area contributed by atoms with Gasteiger partial charge in [-0.2, -0.15) is 13.2 Å². The summed E-state index contributed by atoms with van der Waals surface area (Å²) in [6, 6.07) is 11.5. The minimum atomic E-state index is -4.61. The van der Waals surface area contributed by atoms with Crippen molar-refractivity contribution in [3.05, 3.63) is 65.2 Å². The molecule has 3 rings (SSSR count). The molecule has 2 N–H and O–H groups in total. The molecule has 0 aliphatic carbocycles. The third kappa shape index (κ3) is 4.26. The van der Waals surface area contributed by atoms with Gasteiger partial charge in [-0.25, -0.2) is 0 Å². The number of carbonyl (C=O) groups excluding carboxylic acids is 1. The second kappa shape index (κ2) is 7.98. The van der Waals surface area contributed by atoms with E-state index in [1.54, 1.807) is 12.1 Å². The van der Waals surface area contributed by atoms with Crippen LogP contribution in [0.5, 0.6) is 0 Å². The van der Waals surface area contributed by atoms with Crippen molar-refractivity contribution in [1.82, 2.24) is 0 Å². The summed E-state index contributed by atoms with van der Waals surface area (Å²) in [6.45, 7) is 5.64. The smallest absolute Gasteiger partial charge is 0.418 e. The van der Waals surface area contributed by atoms with Crippen molar-refractivity contribution in [3.8, 4) is 0 Å². The molecule has 0 bridgehead atoms. The molecule has 1 heterocycles. The molecular weight excluding hydrogens is 383 g/mol. The zero-order valence-corrected chi connectivity index (χ0v) is 15.9. The third-order valence-corrected chi connectivity index (χ3v) is 4.61. The minimum absolute atomic E-state index is 0.148. The van der Waals surface area contributed by atoms with Crippen LogP contribution in [-0.4, -0.2) is 19.0 Å². The van der Waals surface area contributed by atoms with Crippen molar-refractivity contribution in [2.75, 3.05) is 23.3 Å². The van der Waals surface area contributed by atoms with E-state index in [-0.39, 0.29) is 11.3 Å². The number of para-hydroxylation sites is 1. The number of alkyl halides is 3. The van der Waals surface area contributed by atoms with E-state index >= 15 is 0 Å². The predicted molar refractivity (Wildman–Crippen MR) is 105 cm³/mol. The van der Waals surface area contributed by atoms with Crippen LogP contribution in [0.15, 0.2) is 52.9 Å². The summed E-state index contributed by atoms with van der Waals surface area (Å²) in [4.78, 5) is 14.7. The van der Waals surface area contributed by atoms with Gasteiger partial charge in [-0.05, 0) is 44.2 Å².